The SMILES string of the molecule is Cc1ccc(N=Nc2ccc(OC(=O)c3ccc(B4OCCCO4)cc3)c(C)c2C)cc1. The Balaban J connectivity index is 1.45. The van der Waals surface area contributed by atoms with Crippen molar-refractivity contribution in [2.24, 2.45) is 10.2 Å². The summed E-state index contributed by atoms with van der Waals surface area (Å²) in [4.78, 5) is 12.7. The molecule has 7 heteroatoms. The van der Waals surface area contributed by atoms with Crippen LogP contribution in [0.1, 0.15) is 33.5 Å². The molecule has 1 saturated heterocycles. The predicted octanol–water partition coefficient (Wildman–Crippen LogP) is 5.38. The van der Waals surface area contributed by atoms with Gasteiger partial charge >= 0.3 is 13.1 Å². The van der Waals surface area contributed by atoms with Gasteiger partial charge in [0.15, 0.2) is 0 Å². The quantitative estimate of drug-likeness (QED) is 0.237. The van der Waals surface area contributed by atoms with Crippen LogP contribution in [0.2, 0.25) is 0 Å². The average Bonchev–Trinajstić information content (AvgIpc) is 2.83. The molecular weight excluding hydrogens is 403 g/mol. The summed E-state index contributed by atoms with van der Waals surface area (Å²) in [5.74, 6) is 0.0865. The molecule has 4 rings (SSSR count). The second kappa shape index (κ2) is 9.89. The van der Waals surface area contributed by atoms with Crippen LogP contribution in [-0.2, 0) is 9.31 Å². The van der Waals surface area contributed by atoms with Gasteiger partial charge in [-0.25, -0.2) is 4.79 Å². The lowest BCUT2D eigenvalue weighted by atomic mass is 9.78. The number of hydrogen-bond acceptors (Lipinski definition) is 6. The molecule has 1 fully saturated rings. The lowest BCUT2D eigenvalue weighted by Crippen LogP contribution is -2.40. The fourth-order valence-electron chi connectivity index (χ4n) is 3.34. The lowest BCUT2D eigenvalue weighted by molar-refractivity contribution is 0.0733. The van der Waals surface area contributed by atoms with E-state index < -0.39 is 5.97 Å². The number of carbonyl (C=O) groups is 1. The van der Waals surface area contributed by atoms with Gasteiger partial charge in [0.2, 0.25) is 0 Å². The van der Waals surface area contributed by atoms with Crippen LogP contribution in [0.4, 0.5) is 11.4 Å². The van der Waals surface area contributed by atoms with Gasteiger partial charge in [0.25, 0.3) is 0 Å². The van der Waals surface area contributed by atoms with Crippen molar-refractivity contribution in [1.82, 2.24) is 0 Å². The molecule has 0 atom stereocenters. The van der Waals surface area contributed by atoms with Gasteiger partial charge < -0.3 is 14.0 Å². The number of esters is 1. The Labute approximate surface area is 188 Å². The van der Waals surface area contributed by atoms with Gasteiger partial charge in [-0.3, -0.25) is 0 Å². The summed E-state index contributed by atoms with van der Waals surface area (Å²) >= 11 is 0. The number of nitrogens with zero attached hydrogens (tertiary/aromatic N) is 2. The van der Waals surface area contributed by atoms with E-state index in [-0.39, 0.29) is 7.12 Å². The monoisotopic (exact) mass is 428 g/mol. The van der Waals surface area contributed by atoms with E-state index in [1.165, 1.54) is 5.56 Å². The van der Waals surface area contributed by atoms with E-state index >= 15 is 0 Å². The minimum Gasteiger partial charge on any atom is -0.423 e. The molecule has 6 nitrogen and oxygen atoms in total. The van der Waals surface area contributed by atoms with Gasteiger partial charge in [0.1, 0.15) is 5.75 Å². The molecular formula is C25H25BN2O4. The van der Waals surface area contributed by atoms with Crippen LogP contribution in [0.3, 0.4) is 0 Å². The number of benzene rings is 3. The summed E-state index contributed by atoms with van der Waals surface area (Å²) in [6.45, 7) is 7.22. The molecule has 1 aliphatic heterocycles. The van der Waals surface area contributed by atoms with E-state index in [0.29, 0.717) is 24.5 Å². The van der Waals surface area contributed by atoms with E-state index in [0.717, 1.165) is 34.4 Å². The van der Waals surface area contributed by atoms with Crippen molar-refractivity contribution in [1.29, 1.82) is 0 Å². The molecule has 0 aromatic heterocycles. The third kappa shape index (κ3) is 5.12. The maximum atomic E-state index is 12.7. The van der Waals surface area contributed by atoms with Crippen LogP contribution >= 0.6 is 0 Å². The number of hydrogen-bond donors (Lipinski definition) is 0. The fourth-order valence-corrected chi connectivity index (χ4v) is 3.34. The maximum Gasteiger partial charge on any atom is 0.493 e. The van der Waals surface area contributed by atoms with Crippen LogP contribution in [0.5, 0.6) is 5.75 Å². The van der Waals surface area contributed by atoms with E-state index in [9.17, 15) is 4.79 Å². The zero-order valence-corrected chi connectivity index (χ0v) is 18.5. The Morgan fingerprint density at radius 1 is 0.844 bits per heavy atom. The average molecular weight is 428 g/mol. The van der Waals surface area contributed by atoms with Crippen molar-refractivity contribution in [3.05, 3.63) is 82.9 Å². The highest BCUT2D eigenvalue weighted by atomic mass is 16.6. The van der Waals surface area contributed by atoms with Crippen LogP contribution in [-0.4, -0.2) is 26.3 Å². The summed E-state index contributed by atoms with van der Waals surface area (Å²) in [5.41, 5.74) is 5.80. The molecule has 1 aliphatic rings. The molecule has 1 heterocycles. The predicted molar refractivity (Wildman–Crippen MR) is 125 cm³/mol. The van der Waals surface area contributed by atoms with Gasteiger partial charge in [0, 0.05) is 13.2 Å². The summed E-state index contributed by atoms with van der Waals surface area (Å²) < 4.78 is 16.9. The fraction of sp³-hybridized carbons (Fsp3) is 0.240. The molecule has 0 amide bonds. The molecule has 32 heavy (non-hydrogen) atoms. The van der Waals surface area contributed by atoms with E-state index in [2.05, 4.69) is 10.2 Å². The molecule has 0 N–H and O–H groups in total. The Morgan fingerprint density at radius 3 is 2.22 bits per heavy atom. The van der Waals surface area contributed by atoms with Crippen LogP contribution < -0.4 is 10.2 Å². The first kappa shape index (κ1) is 21.9. The summed E-state index contributed by atoms with van der Waals surface area (Å²) in [5, 5.41) is 8.66. The molecule has 0 aliphatic carbocycles. The van der Waals surface area contributed by atoms with Crippen LogP contribution in [0.25, 0.3) is 0 Å². The zero-order chi connectivity index (χ0) is 22.5. The summed E-state index contributed by atoms with van der Waals surface area (Å²) in [6, 6.07) is 18.5. The van der Waals surface area contributed by atoms with Crippen LogP contribution in [0, 0.1) is 20.8 Å². The van der Waals surface area contributed by atoms with Gasteiger partial charge in [-0.1, -0.05) is 29.8 Å². The third-order valence-corrected chi connectivity index (χ3v) is 5.46. The smallest absolute Gasteiger partial charge is 0.423 e. The topological polar surface area (TPSA) is 69.5 Å². The Morgan fingerprint density at radius 2 is 1.53 bits per heavy atom. The van der Waals surface area contributed by atoms with Crippen molar-refractivity contribution in [3.8, 4) is 5.75 Å². The highest BCUT2D eigenvalue weighted by Gasteiger charge is 2.24. The third-order valence-electron chi connectivity index (χ3n) is 5.46. The van der Waals surface area contributed by atoms with E-state index in [1.807, 2.05) is 63.2 Å². The molecule has 162 valence electrons. The lowest BCUT2D eigenvalue weighted by Gasteiger charge is -2.19. The Hall–Kier alpha value is -3.29. The van der Waals surface area contributed by atoms with Crippen molar-refractivity contribution < 1.29 is 18.8 Å². The summed E-state index contributed by atoms with van der Waals surface area (Å²) in [7, 11) is -0.375. The minimum atomic E-state index is -0.418. The molecule has 0 spiro atoms. The van der Waals surface area contributed by atoms with E-state index in [1.54, 1.807) is 18.2 Å². The second-order valence-corrected chi connectivity index (χ2v) is 7.81. The van der Waals surface area contributed by atoms with E-state index in [4.69, 9.17) is 14.0 Å². The first-order valence-corrected chi connectivity index (χ1v) is 10.7. The first-order chi connectivity index (χ1) is 15.5. The minimum absolute atomic E-state index is 0.375. The van der Waals surface area contributed by atoms with Gasteiger partial charge in [0.05, 0.1) is 16.9 Å². The first-order valence-electron chi connectivity index (χ1n) is 10.7. The van der Waals surface area contributed by atoms with Gasteiger partial charge in [-0.2, -0.15) is 10.2 Å². The van der Waals surface area contributed by atoms with Crippen molar-refractivity contribution in [3.63, 3.8) is 0 Å². The highest BCUT2D eigenvalue weighted by Crippen LogP contribution is 2.31. The largest absolute Gasteiger partial charge is 0.493 e. The van der Waals surface area contributed by atoms with Crippen molar-refractivity contribution in [2.45, 2.75) is 27.2 Å². The summed E-state index contributed by atoms with van der Waals surface area (Å²) in [6.07, 6.45) is 0.895. The van der Waals surface area contributed by atoms with Crippen LogP contribution in [0.15, 0.2) is 70.9 Å². The number of azo groups is 1. The number of rotatable bonds is 5. The normalized spacial score (nSPS) is 14.0. The van der Waals surface area contributed by atoms with Gasteiger partial charge in [-0.05, 0) is 80.2 Å². The molecule has 0 radical (unpaired) electrons. The second-order valence-electron chi connectivity index (χ2n) is 7.81. The Bertz CT molecular complexity index is 1120. The standard InChI is InChI=1S/C25H25BN2O4/c1-17-5-11-22(12-6-17)27-28-23-13-14-24(19(3)18(23)2)32-25(29)20-7-9-21(10-8-20)26-30-15-4-16-31-26/h5-14H,4,15-16H2,1-3H3. The van der Waals surface area contributed by atoms with Crippen molar-refractivity contribution in [2.75, 3.05) is 13.2 Å². The number of carbonyl (C=O) groups excluding carboxylic acids is 1. The van der Waals surface area contributed by atoms with Crippen molar-refractivity contribution >= 4 is 29.9 Å². The molecule has 0 unspecified atom stereocenters. The Kier molecular flexibility index (Phi) is 6.78. The molecule has 3 aromatic carbocycles. The molecule has 0 bridgehead atoms. The maximum absolute atomic E-state index is 12.7. The highest BCUT2D eigenvalue weighted by molar-refractivity contribution is 6.61. The molecule has 0 saturated carbocycles. The number of ether oxygens (including phenoxy) is 1. The molecule has 3 aromatic rings. The van der Waals surface area contributed by atoms with Gasteiger partial charge in [-0.15, -0.1) is 0 Å². The zero-order valence-electron chi connectivity index (χ0n) is 18.5. The number of aryl methyl sites for hydroxylation is 1.